The normalized spacial score (nSPS) is 20.7. The summed E-state index contributed by atoms with van der Waals surface area (Å²) in [5.41, 5.74) is 1.05. The van der Waals surface area contributed by atoms with E-state index in [0.717, 1.165) is 11.3 Å². The molecule has 0 aromatic heterocycles. The van der Waals surface area contributed by atoms with Crippen molar-refractivity contribution in [1.29, 1.82) is 0 Å². The highest BCUT2D eigenvalue weighted by Crippen LogP contribution is 2.34. The fourth-order valence-electron chi connectivity index (χ4n) is 1.73. The molecule has 3 heteroatoms. The maximum atomic E-state index is 5.72. The van der Waals surface area contributed by atoms with Crippen molar-refractivity contribution in [3.05, 3.63) is 29.8 Å². The van der Waals surface area contributed by atoms with Crippen molar-refractivity contribution in [2.75, 3.05) is 20.3 Å². The number of hydrogen-bond donors (Lipinski definition) is 0. The van der Waals surface area contributed by atoms with Crippen molar-refractivity contribution in [1.82, 2.24) is 0 Å². The zero-order valence-electron chi connectivity index (χ0n) is 10.0. The van der Waals surface area contributed by atoms with Gasteiger partial charge in [-0.1, -0.05) is 32.0 Å². The summed E-state index contributed by atoms with van der Waals surface area (Å²) in [4.78, 5) is 0. The van der Waals surface area contributed by atoms with Crippen molar-refractivity contribution in [3.8, 4) is 5.75 Å². The first kappa shape index (κ1) is 11.4. The molecule has 88 valence electrons. The van der Waals surface area contributed by atoms with Crippen LogP contribution in [0.4, 0.5) is 0 Å². The molecule has 3 nitrogen and oxygen atoms in total. The Balaban J connectivity index is 2.14. The molecule has 0 saturated carbocycles. The molecule has 1 aliphatic heterocycles. The fraction of sp³-hybridized carbons (Fsp3) is 0.538. The van der Waals surface area contributed by atoms with Crippen LogP contribution in [0, 0.1) is 5.41 Å². The average Bonchev–Trinajstić information content (AvgIpc) is 2.29. The zero-order chi connectivity index (χ0) is 11.6. The third-order valence-corrected chi connectivity index (χ3v) is 2.64. The number of para-hydroxylation sites is 1. The second-order valence-electron chi connectivity index (χ2n) is 4.86. The van der Waals surface area contributed by atoms with Gasteiger partial charge < -0.3 is 14.2 Å². The van der Waals surface area contributed by atoms with Crippen LogP contribution in [0.3, 0.4) is 0 Å². The molecule has 2 rings (SSSR count). The molecule has 16 heavy (non-hydrogen) atoms. The highest BCUT2D eigenvalue weighted by Gasteiger charge is 2.30. The lowest BCUT2D eigenvalue weighted by atomic mass is 9.95. The van der Waals surface area contributed by atoms with Crippen molar-refractivity contribution in [3.63, 3.8) is 0 Å². The molecule has 1 heterocycles. The van der Waals surface area contributed by atoms with Crippen molar-refractivity contribution in [2.45, 2.75) is 20.1 Å². The molecule has 0 radical (unpaired) electrons. The monoisotopic (exact) mass is 222 g/mol. The Hall–Kier alpha value is -1.06. The Kier molecular flexibility index (Phi) is 3.17. The number of benzene rings is 1. The van der Waals surface area contributed by atoms with Crippen LogP contribution in [0.1, 0.15) is 25.7 Å². The summed E-state index contributed by atoms with van der Waals surface area (Å²) in [5, 5.41) is 0. The van der Waals surface area contributed by atoms with Crippen LogP contribution in [0.2, 0.25) is 0 Å². The predicted molar refractivity (Wildman–Crippen MR) is 61.4 cm³/mol. The van der Waals surface area contributed by atoms with Crippen molar-refractivity contribution < 1.29 is 14.2 Å². The summed E-state index contributed by atoms with van der Waals surface area (Å²) in [6, 6.07) is 7.79. The first-order valence-electron chi connectivity index (χ1n) is 5.48. The van der Waals surface area contributed by atoms with Gasteiger partial charge in [0.05, 0.1) is 20.3 Å². The largest absolute Gasteiger partial charge is 0.496 e. The predicted octanol–water partition coefficient (Wildman–Crippen LogP) is 2.77. The highest BCUT2D eigenvalue weighted by atomic mass is 16.7. The molecule has 1 aromatic carbocycles. The van der Waals surface area contributed by atoms with Gasteiger partial charge in [0.1, 0.15) is 5.75 Å². The molecule has 0 bridgehead atoms. The van der Waals surface area contributed by atoms with Gasteiger partial charge in [-0.05, 0) is 6.07 Å². The molecule has 1 fully saturated rings. The Labute approximate surface area is 96.3 Å². The van der Waals surface area contributed by atoms with Crippen LogP contribution in [0.15, 0.2) is 24.3 Å². The maximum Gasteiger partial charge on any atom is 0.187 e. The lowest BCUT2D eigenvalue weighted by Gasteiger charge is -2.35. The van der Waals surface area contributed by atoms with Gasteiger partial charge in [-0.3, -0.25) is 0 Å². The van der Waals surface area contributed by atoms with Crippen LogP contribution >= 0.6 is 0 Å². The van der Waals surface area contributed by atoms with Gasteiger partial charge in [0.25, 0.3) is 0 Å². The summed E-state index contributed by atoms with van der Waals surface area (Å²) in [6.07, 6.45) is -0.302. The van der Waals surface area contributed by atoms with E-state index in [1.54, 1.807) is 7.11 Å². The van der Waals surface area contributed by atoms with Gasteiger partial charge in [0.2, 0.25) is 0 Å². The zero-order valence-corrected chi connectivity index (χ0v) is 10.0. The SMILES string of the molecule is COc1ccccc1C1OCC(C)(C)CO1. The molecule has 0 spiro atoms. The number of hydrogen-bond acceptors (Lipinski definition) is 3. The minimum absolute atomic E-state index is 0.0957. The van der Waals surface area contributed by atoms with E-state index in [9.17, 15) is 0 Å². The summed E-state index contributed by atoms with van der Waals surface area (Å²) < 4.78 is 16.7. The molecule has 0 unspecified atom stereocenters. The van der Waals surface area contributed by atoms with E-state index >= 15 is 0 Å². The van der Waals surface area contributed by atoms with E-state index in [4.69, 9.17) is 14.2 Å². The van der Waals surface area contributed by atoms with Gasteiger partial charge >= 0.3 is 0 Å². The van der Waals surface area contributed by atoms with E-state index in [0.29, 0.717) is 13.2 Å². The minimum Gasteiger partial charge on any atom is -0.496 e. The second kappa shape index (κ2) is 4.44. The topological polar surface area (TPSA) is 27.7 Å². The molecule has 0 atom stereocenters. The Morgan fingerprint density at radius 3 is 2.44 bits per heavy atom. The van der Waals surface area contributed by atoms with E-state index in [-0.39, 0.29) is 11.7 Å². The third-order valence-electron chi connectivity index (χ3n) is 2.64. The van der Waals surface area contributed by atoms with E-state index in [1.165, 1.54) is 0 Å². The maximum absolute atomic E-state index is 5.72. The van der Waals surface area contributed by atoms with Crippen LogP contribution in [-0.4, -0.2) is 20.3 Å². The summed E-state index contributed by atoms with van der Waals surface area (Å²) >= 11 is 0. The van der Waals surface area contributed by atoms with E-state index in [2.05, 4.69) is 13.8 Å². The molecular formula is C13H18O3. The minimum atomic E-state index is -0.302. The first-order chi connectivity index (χ1) is 7.62. The molecule has 0 N–H and O–H groups in total. The van der Waals surface area contributed by atoms with Gasteiger partial charge in [-0.15, -0.1) is 0 Å². The number of rotatable bonds is 2. The molecule has 1 aromatic rings. The van der Waals surface area contributed by atoms with Crippen molar-refractivity contribution in [2.24, 2.45) is 5.41 Å². The number of ether oxygens (including phenoxy) is 3. The average molecular weight is 222 g/mol. The van der Waals surface area contributed by atoms with Gasteiger partial charge in [0, 0.05) is 11.0 Å². The lowest BCUT2D eigenvalue weighted by Crippen LogP contribution is -2.33. The summed E-state index contributed by atoms with van der Waals surface area (Å²) in [7, 11) is 1.66. The highest BCUT2D eigenvalue weighted by molar-refractivity contribution is 5.34. The lowest BCUT2D eigenvalue weighted by molar-refractivity contribution is -0.226. The van der Waals surface area contributed by atoms with Gasteiger partial charge in [0.15, 0.2) is 6.29 Å². The molecule has 1 saturated heterocycles. The standard InChI is InChI=1S/C13H18O3/c1-13(2)8-15-12(16-9-13)10-6-4-5-7-11(10)14-3/h4-7,12H,8-9H2,1-3H3. The van der Waals surface area contributed by atoms with Gasteiger partial charge in [-0.2, -0.15) is 0 Å². The Bertz CT molecular complexity index is 350. The van der Waals surface area contributed by atoms with Crippen LogP contribution in [-0.2, 0) is 9.47 Å². The second-order valence-corrected chi connectivity index (χ2v) is 4.86. The smallest absolute Gasteiger partial charge is 0.187 e. The summed E-state index contributed by atoms with van der Waals surface area (Å²) in [5.74, 6) is 0.812. The van der Waals surface area contributed by atoms with E-state index < -0.39 is 0 Å². The molecule has 0 amide bonds. The first-order valence-corrected chi connectivity index (χ1v) is 5.48. The van der Waals surface area contributed by atoms with Crippen LogP contribution in [0.25, 0.3) is 0 Å². The van der Waals surface area contributed by atoms with Crippen LogP contribution < -0.4 is 4.74 Å². The van der Waals surface area contributed by atoms with E-state index in [1.807, 2.05) is 24.3 Å². The Morgan fingerprint density at radius 2 is 1.81 bits per heavy atom. The quantitative estimate of drug-likeness (QED) is 0.770. The number of methoxy groups -OCH3 is 1. The Morgan fingerprint density at radius 1 is 1.19 bits per heavy atom. The fourth-order valence-corrected chi connectivity index (χ4v) is 1.73. The molecule has 0 aliphatic carbocycles. The summed E-state index contributed by atoms with van der Waals surface area (Å²) in [6.45, 7) is 5.67. The third kappa shape index (κ3) is 2.36. The van der Waals surface area contributed by atoms with Gasteiger partial charge in [-0.25, -0.2) is 0 Å². The van der Waals surface area contributed by atoms with Crippen LogP contribution in [0.5, 0.6) is 5.75 Å². The molecular weight excluding hydrogens is 204 g/mol. The van der Waals surface area contributed by atoms with Crippen molar-refractivity contribution >= 4 is 0 Å². The molecule has 1 aliphatic rings.